The molecule has 2 amide bonds. The molecule has 1 fully saturated rings. The first-order valence-electron chi connectivity index (χ1n) is 8.88. The quantitative estimate of drug-likeness (QED) is 0.820. The third-order valence-corrected chi connectivity index (χ3v) is 5.61. The van der Waals surface area contributed by atoms with Gasteiger partial charge in [0, 0.05) is 28.9 Å². The first-order chi connectivity index (χ1) is 11.1. The Labute approximate surface area is 144 Å². The maximum atomic E-state index is 12.6. The van der Waals surface area contributed by atoms with Gasteiger partial charge < -0.3 is 15.1 Å². The van der Waals surface area contributed by atoms with Gasteiger partial charge in [-0.2, -0.15) is 0 Å². The highest BCUT2D eigenvalue weighted by molar-refractivity contribution is 7.11. The number of likely N-dealkylation sites (tertiary alicyclic amines) is 1. The van der Waals surface area contributed by atoms with E-state index in [1.165, 1.54) is 29.0 Å². The van der Waals surface area contributed by atoms with E-state index < -0.39 is 0 Å². The number of urea groups is 1. The van der Waals surface area contributed by atoms with Crippen molar-refractivity contribution >= 4 is 17.4 Å². The van der Waals surface area contributed by atoms with Crippen LogP contribution in [0.4, 0.5) is 4.79 Å². The van der Waals surface area contributed by atoms with Gasteiger partial charge in [-0.3, -0.25) is 0 Å². The number of thiophene rings is 1. The fourth-order valence-corrected chi connectivity index (χ4v) is 3.98. The van der Waals surface area contributed by atoms with Crippen LogP contribution in [0.25, 0.3) is 0 Å². The molecular formula is C18H31N3OS. The number of likely N-dealkylation sites (N-methyl/N-ethyl adjacent to an activating group) is 1. The van der Waals surface area contributed by atoms with Gasteiger partial charge in [0.1, 0.15) is 0 Å². The van der Waals surface area contributed by atoms with Crippen molar-refractivity contribution in [3.05, 3.63) is 21.9 Å². The first-order valence-corrected chi connectivity index (χ1v) is 9.70. The van der Waals surface area contributed by atoms with E-state index >= 15 is 0 Å². The highest BCUT2D eigenvalue weighted by Gasteiger charge is 2.21. The second-order valence-corrected chi connectivity index (χ2v) is 7.98. The summed E-state index contributed by atoms with van der Waals surface area (Å²) in [6, 6.07) is 4.85. The molecule has 1 aromatic heterocycles. The monoisotopic (exact) mass is 337 g/mol. The standard InChI is InChI=1S/C18H31N3OS/c1-4-5-12-21(14-17-10-9-15(2)23-17)18(22)19-13-16-8-6-7-11-20(16)3/h9-10,16H,4-8,11-14H2,1-3H3,(H,19,22)/t16-/m0/s1. The molecule has 2 heterocycles. The summed E-state index contributed by atoms with van der Waals surface area (Å²) in [6.45, 7) is 7.76. The number of hydrogen-bond acceptors (Lipinski definition) is 3. The molecule has 0 bridgehead atoms. The van der Waals surface area contributed by atoms with E-state index in [-0.39, 0.29) is 6.03 Å². The molecule has 0 aromatic carbocycles. The number of piperidine rings is 1. The molecule has 0 radical (unpaired) electrons. The minimum absolute atomic E-state index is 0.0866. The van der Waals surface area contributed by atoms with Gasteiger partial charge >= 0.3 is 6.03 Å². The van der Waals surface area contributed by atoms with E-state index in [4.69, 9.17) is 0 Å². The lowest BCUT2D eigenvalue weighted by atomic mass is 10.0. The second-order valence-electron chi connectivity index (χ2n) is 6.60. The van der Waals surface area contributed by atoms with E-state index in [0.29, 0.717) is 6.04 Å². The van der Waals surface area contributed by atoms with E-state index in [1.807, 2.05) is 4.90 Å². The van der Waals surface area contributed by atoms with Crippen molar-refractivity contribution < 1.29 is 4.79 Å². The largest absolute Gasteiger partial charge is 0.336 e. The number of hydrogen-bond donors (Lipinski definition) is 1. The Balaban J connectivity index is 1.87. The Kier molecular flexibility index (Phi) is 7.37. The van der Waals surface area contributed by atoms with Crippen molar-refractivity contribution in [3.8, 4) is 0 Å². The molecule has 0 aliphatic carbocycles. The van der Waals surface area contributed by atoms with Crippen LogP contribution in [0.1, 0.15) is 48.8 Å². The predicted octanol–water partition coefficient (Wildman–Crippen LogP) is 3.85. The van der Waals surface area contributed by atoms with Gasteiger partial charge in [-0.25, -0.2) is 4.79 Å². The van der Waals surface area contributed by atoms with Crippen molar-refractivity contribution in [2.75, 3.05) is 26.7 Å². The lowest BCUT2D eigenvalue weighted by molar-refractivity contribution is 0.167. The fourth-order valence-electron chi connectivity index (χ4n) is 3.08. The average molecular weight is 338 g/mol. The third-order valence-electron chi connectivity index (χ3n) is 4.62. The van der Waals surface area contributed by atoms with Crippen molar-refractivity contribution in [2.45, 2.75) is 58.5 Å². The maximum absolute atomic E-state index is 12.6. The molecule has 1 N–H and O–H groups in total. The van der Waals surface area contributed by atoms with Crippen LogP contribution in [-0.2, 0) is 6.54 Å². The molecule has 1 aliphatic rings. The van der Waals surface area contributed by atoms with Crippen LogP contribution in [0.2, 0.25) is 0 Å². The van der Waals surface area contributed by atoms with Crippen molar-refractivity contribution in [2.24, 2.45) is 0 Å². The highest BCUT2D eigenvalue weighted by Crippen LogP contribution is 2.18. The van der Waals surface area contributed by atoms with Crippen molar-refractivity contribution in [3.63, 3.8) is 0 Å². The number of unbranched alkanes of at least 4 members (excludes halogenated alkanes) is 1. The Morgan fingerprint density at radius 1 is 1.43 bits per heavy atom. The number of aryl methyl sites for hydroxylation is 1. The average Bonchev–Trinajstić information content (AvgIpc) is 2.95. The molecule has 130 valence electrons. The van der Waals surface area contributed by atoms with Crippen LogP contribution in [0.5, 0.6) is 0 Å². The zero-order valence-electron chi connectivity index (χ0n) is 14.8. The van der Waals surface area contributed by atoms with Crippen molar-refractivity contribution in [1.29, 1.82) is 0 Å². The van der Waals surface area contributed by atoms with E-state index in [2.05, 4.69) is 43.2 Å². The van der Waals surface area contributed by atoms with Crippen LogP contribution in [0.3, 0.4) is 0 Å². The summed E-state index contributed by atoms with van der Waals surface area (Å²) >= 11 is 1.78. The molecule has 1 aromatic rings. The summed E-state index contributed by atoms with van der Waals surface area (Å²) in [6.07, 6.45) is 5.91. The molecule has 0 saturated carbocycles. The maximum Gasteiger partial charge on any atom is 0.317 e. The third kappa shape index (κ3) is 5.81. The lowest BCUT2D eigenvalue weighted by Gasteiger charge is -2.33. The second kappa shape index (κ2) is 9.28. The number of carbonyl (C=O) groups is 1. The molecule has 1 saturated heterocycles. The zero-order chi connectivity index (χ0) is 16.7. The molecule has 5 heteroatoms. The Morgan fingerprint density at radius 2 is 2.26 bits per heavy atom. The molecule has 0 spiro atoms. The summed E-state index contributed by atoms with van der Waals surface area (Å²) < 4.78 is 0. The van der Waals surface area contributed by atoms with Crippen LogP contribution in [0.15, 0.2) is 12.1 Å². The lowest BCUT2D eigenvalue weighted by Crippen LogP contribution is -2.48. The van der Waals surface area contributed by atoms with Gasteiger partial charge in [0.15, 0.2) is 0 Å². The SMILES string of the molecule is CCCCN(Cc1ccc(C)s1)C(=O)NC[C@@H]1CCCCN1C. The number of carbonyl (C=O) groups excluding carboxylic acids is 1. The number of nitrogens with one attached hydrogen (secondary N) is 1. The van der Waals surface area contributed by atoms with Gasteiger partial charge in [-0.05, 0) is 51.9 Å². The first kappa shape index (κ1) is 18.3. The van der Waals surface area contributed by atoms with E-state index in [9.17, 15) is 4.79 Å². The molecular weight excluding hydrogens is 306 g/mol. The van der Waals surface area contributed by atoms with Gasteiger partial charge in [0.2, 0.25) is 0 Å². The molecule has 23 heavy (non-hydrogen) atoms. The van der Waals surface area contributed by atoms with Gasteiger partial charge in [0.25, 0.3) is 0 Å². The summed E-state index contributed by atoms with van der Waals surface area (Å²) in [7, 11) is 2.17. The normalized spacial score (nSPS) is 18.8. The minimum Gasteiger partial charge on any atom is -0.336 e. The van der Waals surface area contributed by atoms with E-state index in [1.54, 1.807) is 11.3 Å². The molecule has 2 rings (SSSR count). The molecule has 1 aliphatic heterocycles. The van der Waals surface area contributed by atoms with Crippen LogP contribution < -0.4 is 5.32 Å². The van der Waals surface area contributed by atoms with Crippen LogP contribution in [-0.4, -0.2) is 48.6 Å². The van der Waals surface area contributed by atoms with Gasteiger partial charge in [0.05, 0.1) is 6.54 Å². The molecule has 4 nitrogen and oxygen atoms in total. The summed E-state index contributed by atoms with van der Waals surface area (Å²) in [5.41, 5.74) is 0. The molecule has 1 atom stereocenters. The smallest absolute Gasteiger partial charge is 0.317 e. The van der Waals surface area contributed by atoms with Crippen LogP contribution in [0, 0.1) is 6.92 Å². The Morgan fingerprint density at radius 3 is 2.91 bits per heavy atom. The summed E-state index contributed by atoms with van der Waals surface area (Å²) in [4.78, 5) is 19.5. The van der Waals surface area contributed by atoms with Crippen molar-refractivity contribution in [1.82, 2.24) is 15.1 Å². The van der Waals surface area contributed by atoms with E-state index in [0.717, 1.165) is 39.0 Å². The number of amides is 2. The topological polar surface area (TPSA) is 35.6 Å². The highest BCUT2D eigenvalue weighted by atomic mass is 32.1. The molecule has 0 unspecified atom stereocenters. The Bertz CT molecular complexity index is 488. The van der Waals surface area contributed by atoms with Gasteiger partial charge in [-0.1, -0.05) is 19.8 Å². The Hall–Kier alpha value is -1.07. The number of rotatable bonds is 7. The summed E-state index contributed by atoms with van der Waals surface area (Å²) in [5.74, 6) is 0. The zero-order valence-corrected chi connectivity index (χ0v) is 15.6. The van der Waals surface area contributed by atoms with Gasteiger partial charge in [-0.15, -0.1) is 11.3 Å². The predicted molar refractivity (Wildman–Crippen MR) is 98.0 cm³/mol. The minimum atomic E-state index is 0.0866. The number of nitrogens with zero attached hydrogens (tertiary/aromatic N) is 2. The fraction of sp³-hybridized carbons (Fsp3) is 0.722. The summed E-state index contributed by atoms with van der Waals surface area (Å²) in [5, 5.41) is 3.17. The van der Waals surface area contributed by atoms with Crippen LogP contribution >= 0.6 is 11.3 Å².